The van der Waals surface area contributed by atoms with Crippen molar-refractivity contribution in [1.29, 1.82) is 0 Å². The molecule has 0 aromatic carbocycles. The minimum atomic E-state index is -0.275. The van der Waals surface area contributed by atoms with E-state index in [0.717, 1.165) is 36.9 Å². The quantitative estimate of drug-likeness (QED) is 0.885. The van der Waals surface area contributed by atoms with Gasteiger partial charge < -0.3 is 14.9 Å². The minimum Gasteiger partial charge on any atom is -0.396 e. The Balaban J connectivity index is 2.04. The second-order valence-electron chi connectivity index (χ2n) is 5.80. The van der Waals surface area contributed by atoms with Crippen LogP contribution in [0.15, 0.2) is 4.52 Å². The summed E-state index contributed by atoms with van der Waals surface area (Å²) in [6.45, 7) is 5.70. The summed E-state index contributed by atoms with van der Waals surface area (Å²) in [6.07, 6.45) is 4.19. The molecule has 5 nitrogen and oxygen atoms in total. The molecule has 0 saturated heterocycles. The van der Waals surface area contributed by atoms with Crippen LogP contribution in [-0.2, 0) is 4.79 Å². The maximum atomic E-state index is 12.4. The van der Waals surface area contributed by atoms with E-state index >= 15 is 0 Å². The van der Waals surface area contributed by atoms with Crippen molar-refractivity contribution >= 4 is 5.91 Å². The first-order valence-electron chi connectivity index (χ1n) is 7.38. The van der Waals surface area contributed by atoms with Gasteiger partial charge in [0, 0.05) is 24.1 Å². The Morgan fingerprint density at radius 2 is 2.15 bits per heavy atom. The molecule has 1 aromatic heterocycles. The summed E-state index contributed by atoms with van der Waals surface area (Å²) in [5.74, 6) is 0.601. The van der Waals surface area contributed by atoms with Crippen LogP contribution in [0.4, 0.5) is 0 Å². The highest BCUT2D eigenvalue weighted by atomic mass is 16.5. The summed E-state index contributed by atoms with van der Waals surface area (Å²) in [7, 11) is 0. The Morgan fingerprint density at radius 1 is 1.45 bits per heavy atom. The molecule has 1 aliphatic rings. The zero-order valence-corrected chi connectivity index (χ0v) is 12.5. The minimum absolute atomic E-state index is 0.00949. The van der Waals surface area contributed by atoms with Crippen LogP contribution < -0.4 is 5.32 Å². The van der Waals surface area contributed by atoms with Gasteiger partial charge in [-0.1, -0.05) is 18.0 Å². The third-order valence-corrected chi connectivity index (χ3v) is 4.39. The molecule has 1 amide bonds. The predicted octanol–water partition coefficient (Wildman–Crippen LogP) is 2.06. The van der Waals surface area contributed by atoms with Crippen molar-refractivity contribution in [1.82, 2.24) is 10.5 Å². The first kappa shape index (κ1) is 15.0. The summed E-state index contributed by atoms with van der Waals surface area (Å²) >= 11 is 0. The van der Waals surface area contributed by atoms with Crippen LogP contribution in [0.2, 0.25) is 0 Å². The molecule has 0 spiro atoms. The number of nitrogens with zero attached hydrogens (tertiary/aromatic N) is 1. The lowest BCUT2D eigenvalue weighted by atomic mass is 9.84. The van der Waals surface area contributed by atoms with Crippen LogP contribution in [0.25, 0.3) is 0 Å². The number of rotatable bonds is 4. The van der Waals surface area contributed by atoms with Crippen molar-refractivity contribution in [3.05, 3.63) is 17.0 Å². The average Bonchev–Trinajstić information content (AvgIpc) is 2.78. The van der Waals surface area contributed by atoms with E-state index < -0.39 is 0 Å². The lowest BCUT2D eigenvalue weighted by Gasteiger charge is -2.31. The zero-order chi connectivity index (χ0) is 14.7. The summed E-state index contributed by atoms with van der Waals surface area (Å²) in [6, 6.07) is 0.0872. The summed E-state index contributed by atoms with van der Waals surface area (Å²) < 4.78 is 5.13. The Labute approximate surface area is 119 Å². The molecule has 2 rings (SSSR count). The molecular formula is C15H24N2O3. The van der Waals surface area contributed by atoms with Crippen LogP contribution >= 0.6 is 0 Å². The molecule has 1 aromatic rings. The van der Waals surface area contributed by atoms with E-state index in [2.05, 4.69) is 10.5 Å². The van der Waals surface area contributed by atoms with Gasteiger partial charge in [-0.2, -0.15) is 0 Å². The van der Waals surface area contributed by atoms with Gasteiger partial charge in [-0.15, -0.1) is 0 Å². The number of hydrogen-bond acceptors (Lipinski definition) is 4. The van der Waals surface area contributed by atoms with Gasteiger partial charge in [0.1, 0.15) is 5.76 Å². The van der Waals surface area contributed by atoms with E-state index in [0.29, 0.717) is 5.76 Å². The third kappa shape index (κ3) is 3.03. The monoisotopic (exact) mass is 280 g/mol. The first-order chi connectivity index (χ1) is 9.54. The number of hydrogen-bond donors (Lipinski definition) is 2. The molecule has 1 saturated carbocycles. The Hall–Kier alpha value is -1.36. The van der Waals surface area contributed by atoms with Gasteiger partial charge in [-0.25, -0.2) is 0 Å². The standard InChI is InChI=1S/C15H24N2O3/c1-9(14-10(2)17-20-11(14)3)15(19)16-13-7-5-4-6-12(13)8-18/h9,12-13,18H,4-8H2,1-3H3,(H,16,19). The van der Waals surface area contributed by atoms with E-state index in [9.17, 15) is 9.90 Å². The van der Waals surface area contributed by atoms with Crippen LogP contribution in [-0.4, -0.2) is 28.8 Å². The largest absolute Gasteiger partial charge is 0.396 e. The smallest absolute Gasteiger partial charge is 0.227 e. The highest BCUT2D eigenvalue weighted by Crippen LogP contribution is 2.27. The van der Waals surface area contributed by atoms with Gasteiger partial charge >= 0.3 is 0 Å². The van der Waals surface area contributed by atoms with Crippen molar-refractivity contribution in [3.63, 3.8) is 0 Å². The van der Waals surface area contributed by atoms with E-state index in [-0.39, 0.29) is 30.4 Å². The van der Waals surface area contributed by atoms with Gasteiger partial charge in [-0.3, -0.25) is 4.79 Å². The topological polar surface area (TPSA) is 75.4 Å². The van der Waals surface area contributed by atoms with Crippen molar-refractivity contribution < 1.29 is 14.4 Å². The molecule has 112 valence electrons. The molecule has 5 heteroatoms. The number of amides is 1. The van der Waals surface area contributed by atoms with Gasteiger partial charge in [0.25, 0.3) is 0 Å². The van der Waals surface area contributed by atoms with E-state index in [1.165, 1.54) is 0 Å². The van der Waals surface area contributed by atoms with Gasteiger partial charge in [0.05, 0.1) is 11.6 Å². The Kier molecular flexibility index (Phi) is 4.81. The van der Waals surface area contributed by atoms with Crippen molar-refractivity contribution in [2.45, 2.75) is 58.4 Å². The lowest BCUT2D eigenvalue weighted by molar-refractivity contribution is -0.123. The number of nitrogens with one attached hydrogen (secondary N) is 1. The van der Waals surface area contributed by atoms with Crippen molar-refractivity contribution in [3.8, 4) is 0 Å². The molecule has 0 aliphatic heterocycles. The summed E-state index contributed by atoms with van der Waals surface area (Å²) in [5.41, 5.74) is 1.64. The van der Waals surface area contributed by atoms with Crippen molar-refractivity contribution in [2.24, 2.45) is 5.92 Å². The number of aliphatic hydroxyl groups is 1. The fourth-order valence-electron chi connectivity index (χ4n) is 3.16. The maximum Gasteiger partial charge on any atom is 0.227 e. The molecule has 1 fully saturated rings. The molecule has 0 radical (unpaired) electrons. The van der Waals surface area contributed by atoms with Crippen molar-refractivity contribution in [2.75, 3.05) is 6.61 Å². The molecule has 3 atom stereocenters. The third-order valence-electron chi connectivity index (χ3n) is 4.39. The van der Waals surface area contributed by atoms with Gasteiger partial charge in [0.2, 0.25) is 5.91 Å². The molecule has 0 bridgehead atoms. The second-order valence-corrected chi connectivity index (χ2v) is 5.80. The maximum absolute atomic E-state index is 12.4. The molecule has 1 aliphatic carbocycles. The Bertz CT molecular complexity index is 450. The fraction of sp³-hybridized carbons (Fsp3) is 0.733. The normalized spacial score (nSPS) is 24.4. The molecule has 1 heterocycles. The fourth-order valence-corrected chi connectivity index (χ4v) is 3.16. The van der Waals surface area contributed by atoms with Gasteiger partial charge in [0.15, 0.2) is 0 Å². The van der Waals surface area contributed by atoms with E-state index in [4.69, 9.17) is 4.52 Å². The van der Waals surface area contributed by atoms with E-state index in [1.54, 1.807) is 0 Å². The Morgan fingerprint density at radius 3 is 2.75 bits per heavy atom. The van der Waals surface area contributed by atoms with Crippen LogP contribution in [0, 0.1) is 19.8 Å². The number of aryl methyl sites for hydroxylation is 2. The predicted molar refractivity (Wildman–Crippen MR) is 75.4 cm³/mol. The average molecular weight is 280 g/mol. The summed E-state index contributed by atoms with van der Waals surface area (Å²) in [4.78, 5) is 12.4. The second kappa shape index (κ2) is 6.39. The molecule has 20 heavy (non-hydrogen) atoms. The number of aliphatic hydroxyl groups excluding tert-OH is 1. The molecule has 2 N–H and O–H groups in total. The summed E-state index contributed by atoms with van der Waals surface area (Å²) in [5, 5.41) is 16.4. The molecular weight excluding hydrogens is 256 g/mol. The number of carbonyl (C=O) groups excluding carboxylic acids is 1. The van der Waals surface area contributed by atoms with Gasteiger partial charge in [-0.05, 0) is 33.6 Å². The van der Waals surface area contributed by atoms with E-state index in [1.807, 2.05) is 20.8 Å². The van der Waals surface area contributed by atoms with Crippen LogP contribution in [0.3, 0.4) is 0 Å². The molecule has 3 unspecified atom stereocenters. The number of carbonyl (C=O) groups is 1. The SMILES string of the molecule is Cc1noc(C)c1C(C)C(=O)NC1CCCCC1CO. The van der Waals surface area contributed by atoms with Crippen LogP contribution in [0.1, 0.15) is 55.5 Å². The van der Waals surface area contributed by atoms with Crippen LogP contribution in [0.5, 0.6) is 0 Å². The number of aromatic nitrogens is 1. The first-order valence-corrected chi connectivity index (χ1v) is 7.38. The zero-order valence-electron chi connectivity index (χ0n) is 12.5. The highest BCUT2D eigenvalue weighted by Gasteiger charge is 2.29. The lowest BCUT2D eigenvalue weighted by Crippen LogP contribution is -2.44. The highest BCUT2D eigenvalue weighted by molar-refractivity contribution is 5.84.